The molecule has 10 heteroatoms. The molecular weight excluding hydrogens is 430 g/mol. The van der Waals surface area contributed by atoms with Crippen LogP contribution in [0.3, 0.4) is 0 Å². The van der Waals surface area contributed by atoms with Crippen LogP contribution in [0.1, 0.15) is 21.6 Å². The molecule has 0 atom stereocenters. The Morgan fingerprint density at radius 2 is 1.97 bits per heavy atom. The highest BCUT2D eigenvalue weighted by Crippen LogP contribution is 2.29. The highest BCUT2D eigenvalue weighted by molar-refractivity contribution is 7.12. The molecule has 9 nitrogen and oxygen atoms in total. The zero-order valence-electron chi connectivity index (χ0n) is 17.5. The number of thiazole rings is 1. The van der Waals surface area contributed by atoms with E-state index in [2.05, 4.69) is 15.4 Å². The van der Waals surface area contributed by atoms with Gasteiger partial charge in [0.05, 0.1) is 23.4 Å². The topological polar surface area (TPSA) is 112 Å². The van der Waals surface area contributed by atoms with Gasteiger partial charge in [-0.15, -0.1) is 11.3 Å². The molecular formula is C22H19N5O4S. The highest BCUT2D eigenvalue weighted by atomic mass is 32.1. The van der Waals surface area contributed by atoms with Crippen LogP contribution in [0.15, 0.2) is 53.9 Å². The lowest BCUT2D eigenvalue weighted by atomic mass is 10.1. The fourth-order valence-corrected chi connectivity index (χ4v) is 4.06. The highest BCUT2D eigenvalue weighted by Gasteiger charge is 2.20. The second kappa shape index (κ2) is 8.60. The number of hydrogen-bond donors (Lipinski definition) is 1. The van der Waals surface area contributed by atoms with Crippen LogP contribution in [-0.2, 0) is 0 Å². The first-order valence-corrected chi connectivity index (χ1v) is 10.5. The minimum Gasteiger partial charge on any atom is -0.497 e. The molecule has 0 radical (unpaired) electrons. The number of anilines is 1. The monoisotopic (exact) mass is 449 g/mol. The molecule has 0 saturated heterocycles. The Morgan fingerprint density at radius 3 is 2.72 bits per heavy atom. The molecule has 0 aliphatic heterocycles. The molecule has 2 aromatic heterocycles. The molecule has 0 aliphatic rings. The lowest BCUT2D eigenvalue weighted by Crippen LogP contribution is -2.16. The van der Waals surface area contributed by atoms with Crippen molar-refractivity contribution >= 4 is 28.7 Å². The maximum atomic E-state index is 12.9. The number of benzene rings is 2. The molecule has 0 unspecified atom stereocenters. The Hall–Kier alpha value is -4.05. The van der Waals surface area contributed by atoms with Crippen LogP contribution in [0.2, 0.25) is 0 Å². The van der Waals surface area contributed by atoms with Gasteiger partial charge in [-0.3, -0.25) is 14.9 Å². The molecule has 162 valence electrons. The number of methoxy groups -OCH3 is 1. The Morgan fingerprint density at radius 1 is 1.19 bits per heavy atom. The maximum absolute atomic E-state index is 12.9. The van der Waals surface area contributed by atoms with Crippen molar-refractivity contribution in [2.24, 2.45) is 0 Å². The molecule has 4 aromatic rings. The summed E-state index contributed by atoms with van der Waals surface area (Å²) in [5.74, 6) is 0.689. The van der Waals surface area contributed by atoms with Crippen molar-refractivity contribution in [3.05, 3.63) is 80.8 Å². The third-order valence-corrected chi connectivity index (χ3v) is 5.67. The minimum absolute atomic E-state index is 0.106. The predicted molar refractivity (Wildman–Crippen MR) is 122 cm³/mol. The van der Waals surface area contributed by atoms with Gasteiger partial charge >= 0.3 is 0 Å². The van der Waals surface area contributed by atoms with Crippen LogP contribution in [0, 0.1) is 24.0 Å². The number of aryl methyl sites for hydroxylation is 1. The third-order valence-electron chi connectivity index (χ3n) is 4.86. The van der Waals surface area contributed by atoms with E-state index in [0.29, 0.717) is 22.2 Å². The second-order valence-electron chi connectivity index (χ2n) is 6.99. The fourth-order valence-electron chi connectivity index (χ4n) is 3.26. The molecule has 0 spiro atoms. The standard InChI is InChI=1S/C22H19N5O4S/c1-13-10-20(24-21(28)17-8-5-9-19(14(17)2)27(29)30)26(25-13)22-23-18(12-32-22)15-6-4-7-16(11-15)31-3/h4-12H,1-3H3,(H,24,28). The van der Waals surface area contributed by atoms with Gasteiger partial charge in [-0.1, -0.05) is 18.2 Å². The molecule has 1 N–H and O–H groups in total. The zero-order valence-corrected chi connectivity index (χ0v) is 18.3. The van der Waals surface area contributed by atoms with Gasteiger partial charge in [0.15, 0.2) is 0 Å². The Bertz CT molecular complexity index is 1330. The lowest BCUT2D eigenvalue weighted by molar-refractivity contribution is -0.385. The van der Waals surface area contributed by atoms with Crippen molar-refractivity contribution in [2.45, 2.75) is 13.8 Å². The van der Waals surface area contributed by atoms with Crippen LogP contribution in [-0.4, -0.2) is 32.7 Å². The van der Waals surface area contributed by atoms with Crippen molar-refractivity contribution in [1.29, 1.82) is 0 Å². The van der Waals surface area contributed by atoms with E-state index in [1.807, 2.05) is 29.6 Å². The largest absolute Gasteiger partial charge is 0.497 e. The summed E-state index contributed by atoms with van der Waals surface area (Å²) < 4.78 is 6.83. The van der Waals surface area contributed by atoms with E-state index >= 15 is 0 Å². The summed E-state index contributed by atoms with van der Waals surface area (Å²) in [5, 5.41) is 20.9. The average molecular weight is 449 g/mol. The van der Waals surface area contributed by atoms with E-state index in [0.717, 1.165) is 17.0 Å². The van der Waals surface area contributed by atoms with E-state index in [1.54, 1.807) is 37.8 Å². The van der Waals surface area contributed by atoms with Crippen molar-refractivity contribution < 1.29 is 14.5 Å². The summed E-state index contributed by atoms with van der Waals surface area (Å²) in [5.41, 5.74) is 2.75. The first-order chi connectivity index (χ1) is 15.4. The smallest absolute Gasteiger partial charge is 0.273 e. The number of rotatable bonds is 6. The first-order valence-electron chi connectivity index (χ1n) is 9.59. The van der Waals surface area contributed by atoms with Crippen molar-refractivity contribution in [3.63, 3.8) is 0 Å². The number of nitro benzene ring substituents is 1. The molecule has 2 aromatic carbocycles. The number of carbonyl (C=O) groups is 1. The minimum atomic E-state index is -0.504. The average Bonchev–Trinajstić information content (AvgIpc) is 3.40. The first kappa shape index (κ1) is 21.2. The summed E-state index contributed by atoms with van der Waals surface area (Å²) in [6.07, 6.45) is 0. The van der Waals surface area contributed by atoms with Gasteiger partial charge in [0.2, 0.25) is 5.13 Å². The van der Waals surface area contributed by atoms with Gasteiger partial charge in [0.25, 0.3) is 11.6 Å². The summed E-state index contributed by atoms with van der Waals surface area (Å²) in [7, 11) is 1.61. The number of carbonyl (C=O) groups excluding carboxylic acids is 1. The summed E-state index contributed by atoms with van der Waals surface area (Å²) in [6.45, 7) is 3.36. The maximum Gasteiger partial charge on any atom is 0.273 e. The van der Waals surface area contributed by atoms with E-state index in [4.69, 9.17) is 4.74 Å². The molecule has 2 heterocycles. The van der Waals surface area contributed by atoms with Gasteiger partial charge < -0.3 is 10.1 Å². The van der Waals surface area contributed by atoms with Gasteiger partial charge in [-0.05, 0) is 32.0 Å². The number of nitro groups is 1. The third kappa shape index (κ3) is 4.08. The van der Waals surface area contributed by atoms with Crippen LogP contribution in [0.5, 0.6) is 5.75 Å². The molecule has 32 heavy (non-hydrogen) atoms. The number of nitrogens with zero attached hydrogens (tertiary/aromatic N) is 4. The molecule has 0 fully saturated rings. The number of aromatic nitrogens is 3. The SMILES string of the molecule is COc1cccc(-c2csc(-n3nc(C)cc3NC(=O)c3cccc([N+](=O)[O-])c3C)n2)c1. The molecule has 4 rings (SSSR count). The summed E-state index contributed by atoms with van der Waals surface area (Å²) in [6, 6.07) is 13.7. The Balaban J connectivity index is 1.65. The molecule has 0 saturated carbocycles. The number of nitrogens with one attached hydrogen (secondary N) is 1. The van der Waals surface area contributed by atoms with Crippen molar-refractivity contribution in [1.82, 2.24) is 14.8 Å². The fraction of sp³-hybridized carbons (Fsp3) is 0.136. The molecule has 0 bridgehead atoms. The second-order valence-corrected chi connectivity index (χ2v) is 7.83. The zero-order chi connectivity index (χ0) is 22.8. The molecule has 0 aliphatic carbocycles. The van der Waals surface area contributed by atoms with Crippen LogP contribution >= 0.6 is 11.3 Å². The van der Waals surface area contributed by atoms with Gasteiger partial charge in [-0.25, -0.2) is 4.98 Å². The summed E-state index contributed by atoms with van der Waals surface area (Å²) >= 11 is 1.38. The predicted octanol–water partition coefficient (Wildman–Crippen LogP) is 4.78. The van der Waals surface area contributed by atoms with Crippen LogP contribution < -0.4 is 10.1 Å². The summed E-state index contributed by atoms with van der Waals surface area (Å²) in [4.78, 5) is 28.3. The number of hydrogen-bond acceptors (Lipinski definition) is 7. The normalized spacial score (nSPS) is 10.7. The van der Waals surface area contributed by atoms with Gasteiger partial charge in [-0.2, -0.15) is 9.78 Å². The number of amides is 1. The van der Waals surface area contributed by atoms with Crippen LogP contribution in [0.25, 0.3) is 16.4 Å². The Kier molecular flexibility index (Phi) is 5.69. The number of ether oxygens (including phenoxy) is 1. The van der Waals surface area contributed by atoms with Gasteiger partial charge in [0.1, 0.15) is 11.6 Å². The van der Waals surface area contributed by atoms with Gasteiger partial charge in [0, 0.05) is 34.2 Å². The van der Waals surface area contributed by atoms with E-state index in [9.17, 15) is 14.9 Å². The van der Waals surface area contributed by atoms with E-state index in [-0.39, 0.29) is 11.3 Å². The van der Waals surface area contributed by atoms with E-state index < -0.39 is 10.8 Å². The van der Waals surface area contributed by atoms with E-state index in [1.165, 1.54) is 23.5 Å². The quantitative estimate of drug-likeness (QED) is 0.335. The van der Waals surface area contributed by atoms with Crippen LogP contribution in [0.4, 0.5) is 11.5 Å². The molecule has 1 amide bonds. The lowest BCUT2D eigenvalue weighted by Gasteiger charge is -2.09. The van der Waals surface area contributed by atoms with Crippen molar-refractivity contribution in [2.75, 3.05) is 12.4 Å². The Labute approximate surface area is 187 Å². The van der Waals surface area contributed by atoms with Crippen molar-refractivity contribution in [3.8, 4) is 22.1 Å².